The van der Waals surface area contributed by atoms with E-state index in [9.17, 15) is 9.50 Å². The van der Waals surface area contributed by atoms with E-state index >= 15 is 0 Å². The molecule has 19 heavy (non-hydrogen) atoms. The summed E-state index contributed by atoms with van der Waals surface area (Å²) < 4.78 is 15.5. The largest absolute Gasteiger partial charge is 0.388 e. The van der Waals surface area contributed by atoms with E-state index in [1.165, 1.54) is 18.5 Å². The van der Waals surface area contributed by atoms with Crippen LogP contribution in [0.3, 0.4) is 0 Å². The maximum absolute atomic E-state index is 13.8. The van der Waals surface area contributed by atoms with Gasteiger partial charge in [-0.25, -0.2) is 9.37 Å². The Labute approximate surface area is 115 Å². The molecule has 4 nitrogen and oxygen atoms in total. The van der Waals surface area contributed by atoms with Gasteiger partial charge in [0.05, 0.1) is 11.1 Å². The fraction of sp³-hybridized carbons (Fsp3) is 0.385. The first kappa shape index (κ1) is 14.0. The molecule has 0 aliphatic rings. The van der Waals surface area contributed by atoms with E-state index < -0.39 is 11.9 Å². The minimum Gasteiger partial charge on any atom is -0.388 e. The van der Waals surface area contributed by atoms with Gasteiger partial charge in [0.25, 0.3) is 0 Å². The lowest BCUT2D eigenvalue weighted by Gasteiger charge is -2.12. The third-order valence-electron chi connectivity index (χ3n) is 2.85. The molecule has 1 unspecified atom stereocenters. The highest BCUT2D eigenvalue weighted by molar-refractivity contribution is 6.30. The Morgan fingerprint density at radius 1 is 1.47 bits per heavy atom. The van der Waals surface area contributed by atoms with Gasteiger partial charge in [0.2, 0.25) is 0 Å². The topological polar surface area (TPSA) is 50.9 Å². The standard InChI is InChI=1S/C13H15ClFN3O/c1-2-6-18-12(16-8-17-18)7-11(19)9-4-3-5-10(14)13(9)15/h3-5,8,11,19H,2,6-7H2,1H3. The molecular formula is C13H15ClFN3O. The highest BCUT2D eigenvalue weighted by Gasteiger charge is 2.18. The molecule has 1 aromatic heterocycles. The zero-order chi connectivity index (χ0) is 13.8. The maximum Gasteiger partial charge on any atom is 0.147 e. The number of rotatable bonds is 5. The van der Waals surface area contributed by atoms with Crippen LogP contribution in [0.1, 0.15) is 30.8 Å². The molecule has 6 heteroatoms. The predicted octanol–water partition coefficient (Wildman–Crippen LogP) is 2.76. The van der Waals surface area contributed by atoms with Crippen LogP contribution in [0.15, 0.2) is 24.5 Å². The second-order valence-corrected chi connectivity index (χ2v) is 4.67. The minimum absolute atomic E-state index is 0.00609. The molecule has 1 aromatic carbocycles. The molecule has 0 spiro atoms. The molecule has 0 amide bonds. The highest BCUT2D eigenvalue weighted by Crippen LogP contribution is 2.25. The summed E-state index contributed by atoms with van der Waals surface area (Å²) in [6.45, 7) is 2.75. The Morgan fingerprint density at radius 2 is 2.26 bits per heavy atom. The number of aryl methyl sites for hydroxylation is 1. The normalized spacial score (nSPS) is 12.6. The van der Waals surface area contributed by atoms with Crippen LogP contribution in [0, 0.1) is 5.82 Å². The van der Waals surface area contributed by atoms with E-state index in [-0.39, 0.29) is 17.0 Å². The molecule has 1 N–H and O–H groups in total. The van der Waals surface area contributed by atoms with Gasteiger partial charge in [0, 0.05) is 18.5 Å². The van der Waals surface area contributed by atoms with Gasteiger partial charge in [-0.05, 0) is 12.5 Å². The Bertz CT molecular complexity index is 559. The Balaban J connectivity index is 2.18. The van der Waals surface area contributed by atoms with Gasteiger partial charge >= 0.3 is 0 Å². The van der Waals surface area contributed by atoms with E-state index in [4.69, 9.17) is 11.6 Å². The zero-order valence-electron chi connectivity index (χ0n) is 10.6. The molecule has 1 atom stereocenters. The second kappa shape index (κ2) is 6.12. The van der Waals surface area contributed by atoms with Gasteiger partial charge in [-0.15, -0.1) is 0 Å². The number of hydrogen-bond donors (Lipinski definition) is 1. The number of aliphatic hydroxyl groups is 1. The fourth-order valence-corrected chi connectivity index (χ4v) is 2.09. The van der Waals surface area contributed by atoms with Crippen molar-refractivity contribution in [2.45, 2.75) is 32.4 Å². The lowest BCUT2D eigenvalue weighted by atomic mass is 10.1. The smallest absolute Gasteiger partial charge is 0.147 e. The molecular weight excluding hydrogens is 269 g/mol. The second-order valence-electron chi connectivity index (χ2n) is 4.26. The van der Waals surface area contributed by atoms with Crippen molar-refractivity contribution in [3.63, 3.8) is 0 Å². The molecule has 0 radical (unpaired) electrons. The van der Waals surface area contributed by atoms with Crippen molar-refractivity contribution >= 4 is 11.6 Å². The van der Waals surface area contributed by atoms with Crippen LogP contribution in [0.5, 0.6) is 0 Å². The summed E-state index contributed by atoms with van der Waals surface area (Å²) in [5.74, 6) is 0.0481. The van der Waals surface area contributed by atoms with Gasteiger partial charge < -0.3 is 5.11 Å². The summed E-state index contributed by atoms with van der Waals surface area (Å²) in [6, 6.07) is 4.58. The van der Waals surface area contributed by atoms with Crippen molar-refractivity contribution in [3.05, 3.63) is 46.8 Å². The summed E-state index contributed by atoms with van der Waals surface area (Å²) in [4.78, 5) is 4.09. The number of halogens is 2. The number of nitrogens with zero attached hydrogens (tertiary/aromatic N) is 3. The molecule has 102 valence electrons. The van der Waals surface area contributed by atoms with Crippen molar-refractivity contribution in [3.8, 4) is 0 Å². The van der Waals surface area contributed by atoms with Crippen LogP contribution >= 0.6 is 11.6 Å². The van der Waals surface area contributed by atoms with Crippen LogP contribution in [-0.4, -0.2) is 19.9 Å². The van der Waals surface area contributed by atoms with Crippen LogP contribution in [-0.2, 0) is 13.0 Å². The maximum atomic E-state index is 13.8. The average Bonchev–Trinajstić information content (AvgIpc) is 2.80. The molecule has 2 aromatic rings. The molecule has 1 heterocycles. The van der Waals surface area contributed by atoms with Gasteiger partial charge in [0.15, 0.2) is 0 Å². The third kappa shape index (κ3) is 3.11. The molecule has 0 saturated heterocycles. The van der Waals surface area contributed by atoms with Gasteiger partial charge in [-0.2, -0.15) is 5.10 Å². The SMILES string of the molecule is CCCn1ncnc1CC(O)c1cccc(Cl)c1F. The number of benzene rings is 1. The van der Waals surface area contributed by atoms with Crippen molar-refractivity contribution in [2.24, 2.45) is 0 Å². The summed E-state index contributed by atoms with van der Waals surface area (Å²) in [7, 11) is 0. The molecule has 0 aliphatic carbocycles. The van der Waals surface area contributed by atoms with E-state index in [0.29, 0.717) is 5.82 Å². The van der Waals surface area contributed by atoms with Crippen molar-refractivity contribution in [1.82, 2.24) is 14.8 Å². The lowest BCUT2D eigenvalue weighted by molar-refractivity contribution is 0.169. The average molecular weight is 284 g/mol. The molecule has 0 fully saturated rings. The van der Waals surface area contributed by atoms with Crippen molar-refractivity contribution in [1.29, 1.82) is 0 Å². The Hall–Kier alpha value is -1.46. The number of hydrogen-bond acceptors (Lipinski definition) is 3. The Morgan fingerprint density at radius 3 is 3.00 bits per heavy atom. The third-order valence-corrected chi connectivity index (χ3v) is 3.14. The highest BCUT2D eigenvalue weighted by atomic mass is 35.5. The molecule has 0 aliphatic heterocycles. The summed E-state index contributed by atoms with van der Waals surface area (Å²) >= 11 is 5.70. The number of aliphatic hydroxyl groups excluding tert-OH is 1. The van der Waals surface area contributed by atoms with Crippen LogP contribution < -0.4 is 0 Å². The van der Waals surface area contributed by atoms with Crippen molar-refractivity contribution < 1.29 is 9.50 Å². The Kier molecular flexibility index (Phi) is 4.50. The van der Waals surface area contributed by atoms with E-state index in [1.54, 1.807) is 10.7 Å². The molecule has 0 saturated carbocycles. The van der Waals surface area contributed by atoms with Crippen LogP contribution in [0.25, 0.3) is 0 Å². The molecule has 2 rings (SSSR count). The lowest BCUT2D eigenvalue weighted by Crippen LogP contribution is -2.11. The summed E-state index contributed by atoms with van der Waals surface area (Å²) in [5.41, 5.74) is 0.179. The van der Waals surface area contributed by atoms with Crippen molar-refractivity contribution in [2.75, 3.05) is 0 Å². The van der Waals surface area contributed by atoms with Gasteiger partial charge in [-0.3, -0.25) is 4.68 Å². The fourth-order valence-electron chi connectivity index (χ4n) is 1.91. The molecule has 0 bridgehead atoms. The minimum atomic E-state index is -0.987. The summed E-state index contributed by atoms with van der Waals surface area (Å²) in [5, 5.41) is 14.2. The number of aromatic nitrogens is 3. The quantitative estimate of drug-likeness (QED) is 0.918. The van der Waals surface area contributed by atoms with E-state index in [2.05, 4.69) is 10.1 Å². The van der Waals surface area contributed by atoms with Gasteiger partial charge in [0.1, 0.15) is 18.0 Å². The summed E-state index contributed by atoms with van der Waals surface area (Å²) in [6.07, 6.45) is 1.57. The zero-order valence-corrected chi connectivity index (χ0v) is 11.3. The van der Waals surface area contributed by atoms with Crippen LogP contribution in [0.4, 0.5) is 4.39 Å². The predicted molar refractivity (Wildman–Crippen MR) is 70.4 cm³/mol. The first-order valence-electron chi connectivity index (χ1n) is 6.12. The van der Waals surface area contributed by atoms with Crippen LogP contribution in [0.2, 0.25) is 5.02 Å². The first-order valence-corrected chi connectivity index (χ1v) is 6.50. The first-order chi connectivity index (χ1) is 9.13. The van der Waals surface area contributed by atoms with E-state index in [0.717, 1.165) is 13.0 Å². The van der Waals surface area contributed by atoms with E-state index in [1.807, 2.05) is 6.92 Å². The monoisotopic (exact) mass is 283 g/mol. The van der Waals surface area contributed by atoms with Gasteiger partial charge in [-0.1, -0.05) is 30.7 Å².